The summed E-state index contributed by atoms with van der Waals surface area (Å²) in [6, 6.07) is 3.02. The third-order valence-electron chi connectivity index (χ3n) is 3.11. The average molecular weight is 268 g/mol. The molecule has 0 N–H and O–H groups in total. The number of nitrogens with zero attached hydrogens (tertiary/aromatic N) is 1. The van der Waals surface area contributed by atoms with Gasteiger partial charge in [-0.3, -0.25) is 0 Å². The Hall–Kier alpha value is -1.55. The number of aryl methyl sites for hydroxylation is 1. The molecule has 3 nitrogen and oxygen atoms in total. The van der Waals surface area contributed by atoms with Gasteiger partial charge in [0.15, 0.2) is 11.6 Å². The molecule has 1 aromatic carbocycles. The minimum absolute atomic E-state index is 0.206. The Bertz CT molecular complexity index is 630. The predicted octanol–water partition coefficient (Wildman–Crippen LogP) is 3.36. The molecule has 1 aliphatic heterocycles. The Morgan fingerprint density at radius 2 is 2.22 bits per heavy atom. The Balaban J connectivity index is 2.36. The van der Waals surface area contributed by atoms with E-state index in [0.717, 1.165) is 23.8 Å². The van der Waals surface area contributed by atoms with Crippen LogP contribution in [0.2, 0.25) is 5.15 Å². The number of halogens is 2. The average Bonchev–Trinajstić information content (AvgIpc) is 2.39. The molecule has 18 heavy (non-hydrogen) atoms. The first-order valence-electron chi connectivity index (χ1n) is 5.69. The highest BCUT2D eigenvalue weighted by atomic mass is 35.5. The summed E-state index contributed by atoms with van der Waals surface area (Å²) in [6.07, 6.45) is 1.77. The molecule has 0 spiro atoms. The van der Waals surface area contributed by atoms with Crippen molar-refractivity contribution in [2.24, 2.45) is 0 Å². The molecule has 0 aliphatic carbocycles. The number of methoxy groups -OCH3 is 1. The van der Waals surface area contributed by atoms with Gasteiger partial charge in [-0.15, -0.1) is 0 Å². The molecule has 1 aliphatic rings. The summed E-state index contributed by atoms with van der Waals surface area (Å²) in [5, 5.41) is 1.70. The van der Waals surface area contributed by atoms with Gasteiger partial charge in [-0.1, -0.05) is 11.6 Å². The smallest absolute Gasteiger partial charge is 0.218 e. The zero-order valence-electron chi connectivity index (χ0n) is 9.80. The number of fused-ring (bicyclic) bond motifs is 3. The van der Waals surface area contributed by atoms with E-state index >= 15 is 0 Å². The van der Waals surface area contributed by atoms with Crippen molar-refractivity contribution in [1.29, 1.82) is 0 Å². The number of benzene rings is 1. The number of ether oxygens (including phenoxy) is 2. The fourth-order valence-electron chi connectivity index (χ4n) is 2.24. The van der Waals surface area contributed by atoms with Crippen molar-refractivity contribution in [3.63, 3.8) is 0 Å². The monoisotopic (exact) mass is 267 g/mol. The highest BCUT2D eigenvalue weighted by Crippen LogP contribution is 2.37. The van der Waals surface area contributed by atoms with E-state index < -0.39 is 5.82 Å². The zero-order valence-corrected chi connectivity index (χ0v) is 10.6. The van der Waals surface area contributed by atoms with Crippen molar-refractivity contribution in [3.8, 4) is 11.6 Å². The summed E-state index contributed by atoms with van der Waals surface area (Å²) in [5.74, 6) is 0.315. The lowest BCUT2D eigenvalue weighted by Gasteiger charge is -2.19. The summed E-state index contributed by atoms with van der Waals surface area (Å²) in [4.78, 5) is 4.17. The number of hydrogen-bond acceptors (Lipinski definition) is 3. The first-order valence-corrected chi connectivity index (χ1v) is 6.07. The maximum Gasteiger partial charge on any atom is 0.218 e. The van der Waals surface area contributed by atoms with Crippen LogP contribution in [-0.2, 0) is 6.42 Å². The van der Waals surface area contributed by atoms with Gasteiger partial charge in [0.05, 0.1) is 13.7 Å². The summed E-state index contributed by atoms with van der Waals surface area (Å²) in [7, 11) is 1.44. The number of hydrogen-bond donors (Lipinski definition) is 0. The molecule has 2 heterocycles. The van der Waals surface area contributed by atoms with Crippen LogP contribution in [0.3, 0.4) is 0 Å². The van der Waals surface area contributed by atoms with Gasteiger partial charge in [0, 0.05) is 10.9 Å². The molecule has 1 aromatic heterocycles. The van der Waals surface area contributed by atoms with Crippen LogP contribution in [0.15, 0.2) is 12.1 Å². The van der Waals surface area contributed by atoms with Crippen LogP contribution in [0, 0.1) is 5.82 Å². The van der Waals surface area contributed by atoms with Crippen LogP contribution < -0.4 is 9.47 Å². The van der Waals surface area contributed by atoms with Crippen molar-refractivity contribution in [2.45, 2.75) is 12.8 Å². The Labute approximate surface area is 108 Å². The van der Waals surface area contributed by atoms with Gasteiger partial charge < -0.3 is 9.47 Å². The van der Waals surface area contributed by atoms with Crippen molar-refractivity contribution in [2.75, 3.05) is 13.7 Å². The standard InChI is InChI=1S/C13H11ClFNO2/c1-17-11-6-8-7-3-2-4-18-13(7)16-12(14)9(8)5-10(11)15/h5-6H,2-4H2,1H3. The fourth-order valence-corrected chi connectivity index (χ4v) is 2.47. The largest absolute Gasteiger partial charge is 0.494 e. The molecule has 0 fully saturated rings. The van der Waals surface area contributed by atoms with Gasteiger partial charge in [-0.2, -0.15) is 0 Å². The molecule has 0 bridgehead atoms. The second-order valence-corrected chi connectivity index (χ2v) is 4.53. The molecular formula is C13H11ClFNO2. The molecule has 0 saturated carbocycles. The van der Waals surface area contributed by atoms with E-state index in [1.54, 1.807) is 6.07 Å². The second kappa shape index (κ2) is 4.28. The van der Waals surface area contributed by atoms with E-state index in [9.17, 15) is 4.39 Å². The van der Waals surface area contributed by atoms with E-state index in [-0.39, 0.29) is 10.9 Å². The lowest BCUT2D eigenvalue weighted by Crippen LogP contribution is -2.10. The highest BCUT2D eigenvalue weighted by molar-refractivity contribution is 6.34. The third-order valence-corrected chi connectivity index (χ3v) is 3.40. The lowest BCUT2D eigenvalue weighted by atomic mass is 10.0. The fraction of sp³-hybridized carbons (Fsp3) is 0.308. The third kappa shape index (κ3) is 1.68. The topological polar surface area (TPSA) is 31.4 Å². The number of rotatable bonds is 1. The maximum atomic E-state index is 13.7. The highest BCUT2D eigenvalue weighted by Gasteiger charge is 2.19. The summed E-state index contributed by atoms with van der Waals surface area (Å²) in [6.45, 7) is 0.639. The van der Waals surface area contributed by atoms with E-state index in [1.165, 1.54) is 13.2 Å². The van der Waals surface area contributed by atoms with Crippen LogP contribution in [0.4, 0.5) is 4.39 Å². The molecule has 0 radical (unpaired) electrons. The van der Waals surface area contributed by atoms with Gasteiger partial charge in [0.1, 0.15) is 5.15 Å². The van der Waals surface area contributed by atoms with Crippen LogP contribution >= 0.6 is 11.6 Å². The van der Waals surface area contributed by atoms with Crippen molar-refractivity contribution >= 4 is 22.4 Å². The Kier molecular flexibility index (Phi) is 2.74. The van der Waals surface area contributed by atoms with Crippen molar-refractivity contribution < 1.29 is 13.9 Å². The normalized spacial score (nSPS) is 14.2. The molecule has 0 saturated heterocycles. The molecule has 2 aromatic rings. The zero-order chi connectivity index (χ0) is 12.7. The predicted molar refractivity (Wildman–Crippen MR) is 67.1 cm³/mol. The lowest BCUT2D eigenvalue weighted by molar-refractivity contribution is 0.277. The SMILES string of the molecule is COc1cc2c3c(nc(Cl)c2cc1F)OCCC3. The van der Waals surface area contributed by atoms with E-state index in [4.69, 9.17) is 21.1 Å². The number of aromatic nitrogens is 1. The summed E-state index contributed by atoms with van der Waals surface area (Å²) < 4.78 is 24.2. The van der Waals surface area contributed by atoms with Crippen LogP contribution in [-0.4, -0.2) is 18.7 Å². The van der Waals surface area contributed by atoms with Crippen molar-refractivity contribution in [1.82, 2.24) is 4.98 Å². The van der Waals surface area contributed by atoms with E-state index in [1.807, 2.05) is 0 Å². The Morgan fingerprint density at radius 1 is 1.39 bits per heavy atom. The summed E-state index contributed by atoms with van der Waals surface area (Å²) >= 11 is 6.06. The first-order chi connectivity index (χ1) is 8.70. The van der Waals surface area contributed by atoms with Gasteiger partial charge in [0.25, 0.3) is 0 Å². The first kappa shape index (κ1) is 11.5. The van der Waals surface area contributed by atoms with Gasteiger partial charge in [-0.05, 0) is 30.4 Å². The molecule has 0 amide bonds. The van der Waals surface area contributed by atoms with Crippen LogP contribution in [0.25, 0.3) is 10.8 Å². The quantitative estimate of drug-likeness (QED) is 0.743. The second-order valence-electron chi connectivity index (χ2n) is 4.17. The van der Waals surface area contributed by atoms with Crippen LogP contribution in [0.5, 0.6) is 11.6 Å². The molecule has 94 valence electrons. The van der Waals surface area contributed by atoms with Crippen LogP contribution in [0.1, 0.15) is 12.0 Å². The van der Waals surface area contributed by atoms with Gasteiger partial charge in [-0.25, -0.2) is 9.37 Å². The molecule has 3 rings (SSSR count). The molecule has 5 heteroatoms. The van der Waals surface area contributed by atoms with Crippen molar-refractivity contribution in [3.05, 3.63) is 28.7 Å². The number of pyridine rings is 1. The molecule has 0 unspecified atom stereocenters. The summed E-state index contributed by atoms with van der Waals surface area (Å²) in [5.41, 5.74) is 0.971. The molecule has 0 atom stereocenters. The molecular weight excluding hydrogens is 257 g/mol. The minimum atomic E-state index is -0.439. The Morgan fingerprint density at radius 3 is 3.00 bits per heavy atom. The van der Waals surface area contributed by atoms with E-state index in [0.29, 0.717) is 17.9 Å². The maximum absolute atomic E-state index is 13.7. The van der Waals surface area contributed by atoms with Gasteiger partial charge >= 0.3 is 0 Å². The van der Waals surface area contributed by atoms with E-state index in [2.05, 4.69) is 4.98 Å². The van der Waals surface area contributed by atoms with Gasteiger partial charge in [0.2, 0.25) is 5.88 Å². The minimum Gasteiger partial charge on any atom is -0.494 e.